The van der Waals surface area contributed by atoms with Crippen LogP contribution < -0.4 is 0 Å². The maximum absolute atomic E-state index is 6.17. The number of rotatable bonds is 0. The zero-order chi connectivity index (χ0) is 13.0. The van der Waals surface area contributed by atoms with Crippen LogP contribution in [0, 0.1) is 0 Å². The second-order valence-corrected chi connectivity index (χ2v) is 5.70. The Balaban J connectivity index is 2.32. The van der Waals surface area contributed by atoms with Gasteiger partial charge >= 0.3 is 0 Å². The topological polar surface area (TPSA) is 13.1 Å². The molecule has 0 amide bonds. The maximum atomic E-state index is 6.17. The fourth-order valence-corrected chi connectivity index (χ4v) is 3.23. The number of furan rings is 1. The molecule has 0 radical (unpaired) electrons. The van der Waals surface area contributed by atoms with Crippen molar-refractivity contribution in [2.75, 3.05) is 0 Å². The molecular formula is C16H8BrClO. The summed E-state index contributed by atoms with van der Waals surface area (Å²) in [7, 11) is 0. The molecule has 4 aromatic rings. The maximum Gasteiger partial charge on any atom is 0.143 e. The van der Waals surface area contributed by atoms with E-state index in [-0.39, 0.29) is 0 Å². The van der Waals surface area contributed by atoms with Crippen molar-refractivity contribution >= 4 is 60.2 Å². The molecule has 0 saturated heterocycles. The van der Waals surface area contributed by atoms with Crippen molar-refractivity contribution in [2.45, 2.75) is 0 Å². The van der Waals surface area contributed by atoms with E-state index in [2.05, 4.69) is 40.2 Å². The van der Waals surface area contributed by atoms with Gasteiger partial charge in [0.2, 0.25) is 0 Å². The van der Waals surface area contributed by atoms with Gasteiger partial charge in [-0.25, -0.2) is 0 Å². The summed E-state index contributed by atoms with van der Waals surface area (Å²) in [6.45, 7) is 0. The van der Waals surface area contributed by atoms with Crippen LogP contribution in [0.3, 0.4) is 0 Å². The van der Waals surface area contributed by atoms with E-state index in [0.717, 1.165) is 31.8 Å². The Morgan fingerprint density at radius 2 is 1.74 bits per heavy atom. The van der Waals surface area contributed by atoms with Crippen LogP contribution in [0.2, 0.25) is 5.02 Å². The van der Waals surface area contributed by atoms with Gasteiger partial charge in [0, 0.05) is 20.6 Å². The molecule has 0 unspecified atom stereocenters. The first-order valence-electron chi connectivity index (χ1n) is 5.93. The van der Waals surface area contributed by atoms with Crippen molar-refractivity contribution in [3.05, 3.63) is 58.0 Å². The minimum Gasteiger partial charge on any atom is -0.455 e. The van der Waals surface area contributed by atoms with Gasteiger partial charge in [0.25, 0.3) is 0 Å². The third-order valence-corrected chi connectivity index (χ3v) is 4.78. The van der Waals surface area contributed by atoms with Crippen LogP contribution in [0.15, 0.2) is 57.4 Å². The van der Waals surface area contributed by atoms with Gasteiger partial charge in [-0.05, 0) is 39.5 Å². The molecule has 1 aromatic heterocycles. The standard InChI is InChI=1S/C16H8BrClO/c17-15-12(18)7-8-13-14(15)11-6-5-9-3-1-2-4-10(9)16(11)19-13/h1-8H. The first-order valence-corrected chi connectivity index (χ1v) is 7.11. The lowest BCUT2D eigenvalue weighted by molar-refractivity contribution is 0.672. The van der Waals surface area contributed by atoms with Gasteiger partial charge in [0.15, 0.2) is 0 Å². The van der Waals surface area contributed by atoms with Gasteiger partial charge < -0.3 is 4.42 Å². The summed E-state index contributed by atoms with van der Waals surface area (Å²) in [5.41, 5.74) is 1.76. The fourth-order valence-electron chi connectivity index (χ4n) is 2.53. The van der Waals surface area contributed by atoms with E-state index in [0.29, 0.717) is 5.02 Å². The van der Waals surface area contributed by atoms with Crippen molar-refractivity contribution in [1.82, 2.24) is 0 Å². The van der Waals surface area contributed by atoms with Gasteiger partial charge in [-0.3, -0.25) is 0 Å². The first kappa shape index (κ1) is 11.3. The molecule has 0 aliphatic rings. The number of hydrogen-bond donors (Lipinski definition) is 0. The molecule has 1 heterocycles. The molecule has 0 spiro atoms. The molecule has 0 aliphatic carbocycles. The summed E-state index contributed by atoms with van der Waals surface area (Å²) in [5, 5.41) is 5.12. The van der Waals surface area contributed by atoms with E-state index in [4.69, 9.17) is 16.0 Å². The highest BCUT2D eigenvalue weighted by atomic mass is 79.9. The van der Waals surface area contributed by atoms with Crippen molar-refractivity contribution in [3.63, 3.8) is 0 Å². The summed E-state index contributed by atoms with van der Waals surface area (Å²) >= 11 is 9.73. The highest BCUT2D eigenvalue weighted by Gasteiger charge is 2.14. The molecule has 92 valence electrons. The van der Waals surface area contributed by atoms with E-state index in [1.54, 1.807) is 0 Å². The number of fused-ring (bicyclic) bond motifs is 5. The number of halogens is 2. The zero-order valence-electron chi connectivity index (χ0n) is 9.78. The van der Waals surface area contributed by atoms with Crippen molar-refractivity contribution < 1.29 is 4.42 Å². The highest BCUT2D eigenvalue weighted by Crippen LogP contribution is 2.40. The van der Waals surface area contributed by atoms with E-state index in [9.17, 15) is 0 Å². The van der Waals surface area contributed by atoms with E-state index in [1.165, 1.54) is 5.39 Å². The summed E-state index contributed by atoms with van der Waals surface area (Å²) in [6.07, 6.45) is 0. The molecule has 19 heavy (non-hydrogen) atoms. The molecular weight excluding hydrogens is 324 g/mol. The average molecular weight is 332 g/mol. The predicted molar refractivity (Wildman–Crippen MR) is 83.9 cm³/mol. The van der Waals surface area contributed by atoms with Crippen LogP contribution in [0.4, 0.5) is 0 Å². The van der Waals surface area contributed by atoms with Crippen LogP contribution in [0.1, 0.15) is 0 Å². The molecule has 3 heteroatoms. The van der Waals surface area contributed by atoms with Crippen molar-refractivity contribution in [3.8, 4) is 0 Å². The third-order valence-electron chi connectivity index (χ3n) is 3.42. The third kappa shape index (κ3) is 1.54. The molecule has 0 atom stereocenters. The van der Waals surface area contributed by atoms with Gasteiger partial charge in [-0.1, -0.05) is 41.9 Å². The first-order chi connectivity index (χ1) is 9.25. The Morgan fingerprint density at radius 3 is 2.63 bits per heavy atom. The second-order valence-electron chi connectivity index (χ2n) is 4.50. The number of hydrogen-bond acceptors (Lipinski definition) is 1. The van der Waals surface area contributed by atoms with Crippen LogP contribution >= 0.6 is 27.5 Å². The smallest absolute Gasteiger partial charge is 0.143 e. The normalized spacial score (nSPS) is 11.7. The van der Waals surface area contributed by atoms with Gasteiger partial charge in [0.05, 0.1) is 5.02 Å². The Labute approximate surface area is 122 Å². The van der Waals surface area contributed by atoms with Gasteiger partial charge in [-0.2, -0.15) is 0 Å². The SMILES string of the molecule is Clc1ccc2oc3c4ccccc4ccc3c2c1Br. The van der Waals surface area contributed by atoms with Crippen LogP contribution in [0.25, 0.3) is 32.7 Å². The van der Waals surface area contributed by atoms with E-state index >= 15 is 0 Å². The lowest BCUT2D eigenvalue weighted by Gasteiger charge is -1.98. The Kier molecular flexibility index (Phi) is 2.38. The summed E-state index contributed by atoms with van der Waals surface area (Å²) in [5.74, 6) is 0. The van der Waals surface area contributed by atoms with Gasteiger partial charge in [0.1, 0.15) is 11.2 Å². The highest BCUT2D eigenvalue weighted by molar-refractivity contribution is 9.10. The summed E-state index contributed by atoms with van der Waals surface area (Å²) in [6, 6.07) is 16.2. The monoisotopic (exact) mass is 330 g/mol. The van der Waals surface area contributed by atoms with Crippen LogP contribution in [0.5, 0.6) is 0 Å². The van der Waals surface area contributed by atoms with E-state index < -0.39 is 0 Å². The van der Waals surface area contributed by atoms with Crippen LogP contribution in [-0.2, 0) is 0 Å². The number of benzene rings is 3. The summed E-state index contributed by atoms with van der Waals surface area (Å²) in [4.78, 5) is 0. The lowest BCUT2D eigenvalue weighted by Crippen LogP contribution is -1.74. The Morgan fingerprint density at radius 1 is 0.895 bits per heavy atom. The molecule has 3 aromatic carbocycles. The van der Waals surface area contributed by atoms with E-state index in [1.807, 2.05) is 24.3 Å². The van der Waals surface area contributed by atoms with Crippen molar-refractivity contribution in [2.24, 2.45) is 0 Å². The Hall–Kier alpha value is -1.51. The molecule has 0 aliphatic heterocycles. The van der Waals surface area contributed by atoms with Crippen molar-refractivity contribution in [1.29, 1.82) is 0 Å². The molecule has 0 fully saturated rings. The minimum absolute atomic E-state index is 0.698. The molecule has 0 N–H and O–H groups in total. The summed E-state index contributed by atoms with van der Waals surface area (Å²) < 4.78 is 6.90. The fraction of sp³-hybridized carbons (Fsp3) is 0. The minimum atomic E-state index is 0.698. The molecule has 4 rings (SSSR count). The van der Waals surface area contributed by atoms with Crippen LogP contribution in [-0.4, -0.2) is 0 Å². The predicted octanol–water partition coefficient (Wildman–Crippen LogP) is 6.16. The largest absolute Gasteiger partial charge is 0.455 e. The molecule has 0 bridgehead atoms. The lowest BCUT2D eigenvalue weighted by atomic mass is 10.1. The van der Waals surface area contributed by atoms with Gasteiger partial charge in [-0.15, -0.1) is 0 Å². The zero-order valence-corrected chi connectivity index (χ0v) is 12.1. The molecule has 1 nitrogen and oxygen atoms in total. The quantitative estimate of drug-likeness (QED) is 0.376. The second kappa shape index (κ2) is 3.99. The Bertz CT molecular complexity index is 940. The average Bonchev–Trinajstić information content (AvgIpc) is 2.82. The molecule has 0 saturated carbocycles.